The number of ether oxygens (including phenoxy) is 2. The second-order valence-corrected chi connectivity index (χ2v) is 16.1. The van der Waals surface area contributed by atoms with Gasteiger partial charge in [-0.05, 0) is 85.8 Å². The summed E-state index contributed by atoms with van der Waals surface area (Å²) in [6, 6.07) is 21.0. The van der Waals surface area contributed by atoms with Gasteiger partial charge >= 0.3 is 37.7 Å². The monoisotopic (exact) mass is 822 g/mol. The summed E-state index contributed by atoms with van der Waals surface area (Å²) in [5.41, 5.74) is 1.41. The summed E-state index contributed by atoms with van der Waals surface area (Å²) in [4.78, 5) is -0.698. The molecule has 0 fully saturated rings. The van der Waals surface area contributed by atoms with Crippen molar-refractivity contribution in [3.63, 3.8) is 0 Å². The second kappa shape index (κ2) is 25.4. The van der Waals surface area contributed by atoms with Crippen LogP contribution < -0.4 is 14.6 Å². The Bertz CT molecular complexity index is 1810. The van der Waals surface area contributed by atoms with Crippen molar-refractivity contribution in [1.82, 2.24) is 0 Å². The summed E-state index contributed by atoms with van der Waals surface area (Å²) in [6.45, 7) is 4.39. The fraction of sp³-hybridized carbons (Fsp3) is 0.429. The van der Waals surface area contributed by atoms with Gasteiger partial charge in [0.2, 0.25) is 0 Å². The molecule has 0 spiro atoms. The first-order valence-electron chi connectivity index (χ1n) is 18.9. The molecule has 0 atom stereocenters. The molecule has 0 aliphatic rings. The SMILES string of the molecule is CCCCCCCCCc1cc(Oc2ccccc2S(=O)(=O)O)ccc1O.CCCCCCCCCc1cc(Oc2ccccc2S(=O)(=O)[O-])ccc1[O-].[Ca+2]. The quantitative estimate of drug-likeness (QED) is 0.0441. The van der Waals surface area contributed by atoms with E-state index in [1.54, 1.807) is 36.4 Å². The Morgan fingerprint density at radius 1 is 0.564 bits per heavy atom. The first kappa shape index (κ1) is 48.3. The Kier molecular flexibility index (Phi) is 22.3. The third-order valence-electron chi connectivity index (χ3n) is 8.88. The molecule has 0 saturated heterocycles. The fourth-order valence-electron chi connectivity index (χ4n) is 5.93. The van der Waals surface area contributed by atoms with Crippen LogP contribution in [0.15, 0.2) is 94.7 Å². The number of phenols is 1. The summed E-state index contributed by atoms with van der Waals surface area (Å²) >= 11 is 0. The first-order chi connectivity index (χ1) is 25.8. The average molecular weight is 823 g/mol. The van der Waals surface area contributed by atoms with Crippen LogP contribution in [0.2, 0.25) is 0 Å². The number of phenolic OH excluding ortho intramolecular Hbond substituents is 1. The van der Waals surface area contributed by atoms with E-state index in [2.05, 4.69) is 13.8 Å². The van der Waals surface area contributed by atoms with Crippen molar-refractivity contribution in [2.75, 3.05) is 0 Å². The van der Waals surface area contributed by atoms with E-state index in [1.165, 1.54) is 113 Å². The molecule has 0 radical (unpaired) electrons. The van der Waals surface area contributed by atoms with Crippen molar-refractivity contribution in [2.45, 2.75) is 126 Å². The molecule has 4 aromatic carbocycles. The van der Waals surface area contributed by atoms with Gasteiger partial charge in [0, 0.05) is 0 Å². The van der Waals surface area contributed by atoms with Gasteiger partial charge in [0.1, 0.15) is 43.8 Å². The van der Waals surface area contributed by atoms with Crippen LogP contribution in [-0.4, -0.2) is 68.8 Å². The van der Waals surface area contributed by atoms with Crippen LogP contribution in [-0.2, 0) is 33.1 Å². The van der Waals surface area contributed by atoms with E-state index >= 15 is 0 Å². The van der Waals surface area contributed by atoms with Crippen molar-refractivity contribution >= 4 is 58.0 Å². The molecule has 0 amide bonds. The molecule has 0 aliphatic heterocycles. The van der Waals surface area contributed by atoms with Crippen LogP contribution in [0.5, 0.6) is 34.5 Å². The molecule has 0 heterocycles. The third-order valence-corrected chi connectivity index (χ3v) is 10.7. The molecular formula is C42H54CaO10S2. The van der Waals surface area contributed by atoms with Crippen molar-refractivity contribution < 1.29 is 45.6 Å². The molecular weight excluding hydrogens is 769 g/mol. The molecule has 0 aliphatic carbocycles. The summed E-state index contributed by atoms with van der Waals surface area (Å²) in [5, 5.41) is 22.1. The number of hydrogen-bond acceptors (Lipinski definition) is 9. The zero-order chi connectivity index (χ0) is 39.4. The van der Waals surface area contributed by atoms with Gasteiger partial charge in [-0.15, -0.1) is 5.75 Å². The minimum Gasteiger partial charge on any atom is -0.872 e. The molecule has 4 aromatic rings. The zero-order valence-electron chi connectivity index (χ0n) is 32.1. The van der Waals surface area contributed by atoms with Crippen LogP contribution in [0.4, 0.5) is 0 Å². The molecule has 0 bridgehead atoms. The van der Waals surface area contributed by atoms with Gasteiger partial charge in [-0.1, -0.05) is 127 Å². The number of hydrogen-bond donors (Lipinski definition) is 2. The maximum Gasteiger partial charge on any atom is 2.00 e. The van der Waals surface area contributed by atoms with Gasteiger partial charge in [0.05, 0.1) is 4.90 Å². The van der Waals surface area contributed by atoms with Gasteiger partial charge in [0.15, 0.2) is 0 Å². The minimum atomic E-state index is -4.64. The molecule has 0 aromatic heterocycles. The Balaban J connectivity index is 0.000000373. The van der Waals surface area contributed by atoms with Crippen LogP contribution in [0, 0.1) is 0 Å². The van der Waals surface area contributed by atoms with E-state index in [0.717, 1.165) is 37.7 Å². The summed E-state index contributed by atoms with van der Waals surface area (Å²) in [5.74, 6) is 0.931. The number of benzene rings is 4. The van der Waals surface area contributed by atoms with Gasteiger partial charge < -0.3 is 24.2 Å². The standard InChI is InChI=1S/2C21H28O5S.Ca/c2*1-2-3-4-5-6-7-8-11-17-16-18(14-15-19(17)22)26-20-12-9-10-13-21(20)27(23,24)25;/h2*9-10,12-16,22H,2-8,11H2,1H3,(H,23,24,25);/q;;+2/p-2. The Labute approximate surface area is 357 Å². The number of unbranched alkanes of at least 4 members (excludes halogenated alkanes) is 12. The molecule has 10 nitrogen and oxygen atoms in total. The van der Waals surface area contributed by atoms with Crippen molar-refractivity contribution in [3.8, 4) is 34.5 Å². The van der Waals surface area contributed by atoms with E-state index in [4.69, 9.17) is 9.47 Å². The largest absolute Gasteiger partial charge is 2.00 e. The summed E-state index contributed by atoms with van der Waals surface area (Å²) < 4.78 is 77.5. The molecule has 4 rings (SSSR count). The van der Waals surface area contributed by atoms with Crippen LogP contribution in [0.3, 0.4) is 0 Å². The molecule has 13 heteroatoms. The number of aromatic hydroxyl groups is 1. The summed E-state index contributed by atoms with van der Waals surface area (Å²) in [6.07, 6.45) is 17.9. The average Bonchev–Trinajstić information content (AvgIpc) is 3.13. The van der Waals surface area contributed by atoms with E-state index < -0.39 is 25.1 Å². The van der Waals surface area contributed by atoms with E-state index in [9.17, 15) is 36.2 Å². The molecule has 296 valence electrons. The van der Waals surface area contributed by atoms with Crippen LogP contribution in [0.1, 0.15) is 115 Å². The molecule has 2 N–H and O–H groups in total. The Hall–Kier alpha value is -2.84. The fourth-order valence-corrected chi connectivity index (χ4v) is 7.14. The smallest absolute Gasteiger partial charge is 0.872 e. The van der Waals surface area contributed by atoms with Crippen LogP contribution >= 0.6 is 0 Å². The normalized spacial score (nSPS) is 11.3. The topological polar surface area (TPSA) is 173 Å². The van der Waals surface area contributed by atoms with Crippen molar-refractivity contribution in [2.24, 2.45) is 0 Å². The maximum atomic E-state index is 12.1. The number of aryl methyl sites for hydroxylation is 2. The number of rotatable bonds is 22. The molecule has 0 unspecified atom stereocenters. The predicted molar refractivity (Wildman–Crippen MR) is 214 cm³/mol. The molecule has 55 heavy (non-hydrogen) atoms. The summed E-state index contributed by atoms with van der Waals surface area (Å²) in [7, 11) is -9.01. The van der Waals surface area contributed by atoms with Gasteiger partial charge in [-0.2, -0.15) is 8.42 Å². The maximum absolute atomic E-state index is 12.1. The van der Waals surface area contributed by atoms with Gasteiger partial charge in [0.25, 0.3) is 10.1 Å². The number of para-hydroxylation sites is 2. The van der Waals surface area contributed by atoms with Crippen molar-refractivity contribution in [3.05, 3.63) is 96.1 Å². The Morgan fingerprint density at radius 3 is 1.49 bits per heavy atom. The minimum absolute atomic E-state index is 0. The molecule has 0 saturated carbocycles. The van der Waals surface area contributed by atoms with E-state index in [-0.39, 0.29) is 65.6 Å². The van der Waals surface area contributed by atoms with Gasteiger partial charge in [-0.3, -0.25) is 4.55 Å². The van der Waals surface area contributed by atoms with Crippen LogP contribution in [0.25, 0.3) is 0 Å². The Morgan fingerprint density at radius 2 is 0.982 bits per heavy atom. The third kappa shape index (κ3) is 17.9. The second-order valence-electron chi connectivity index (χ2n) is 13.3. The van der Waals surface area contributed by atoms with E-state index in [0.29, 0.717) is 23.5 Å². The van der Waals surface area contributed by atoms with E-state index in [1.807, 2.05) is 0 Å². The zero-order valence-corrected chi connectivity index (χ0v) is 35.9. The predicted octanol–water partition coefficient (Wildman–Crippen LogP) is 10.1. The first-order valence-corrected chi connectivity index (χ1v) is 21.8. The van der Waals surface area contributed by atoms with Gasteiger partial charge in [-0.25, -0.2) is 8.42 Å². The van der Waals surface area contributed by atoms with Crippen molar-refractivity contribution in [1.29, 1.82) is 0 Å².